The number of aromatic nitrogens is 1. The van der Waals surface area contributed by atoms with Gasteiger partial charge in [0.1, 0.15) is 5.75 Å². The van der Waals surface area contributed by atoms with Gasteiger partial charge in [-0.1, -0.05) is 41.4 Å². The lowest BCUT2D eigenvalue weighted by Crippen LogP contribution is -2.21. The zero-order valence-electron chi connectivity index (χ0n) is 14.2. The summed E-state index contributed by atoms with van der Waals surface area (Å²) in [5.41, 5.74) is 2.59. The molecule has 1 unspecified atom stereocenters. The third-order valence-corrected chi connectivity index (χ3v) is 4.61. The molecule has 1 aromatic heterocycles. The van der Waals surface area contributed by atoms with Crippen LogP contribution >= 0.6 is 27.5 Å². The third kappa shape index (κ3) is 4.93. The first-order chi connectivity index (χ1) is 12.5. The minimum atomic E-state index is -0.722. The van der Waals surface area contributed by atoms with Crippen molar-refractivity contribution in [3.8, 4) is 5.75 Å². The van der Waals surface area contributed by atoms with Crippen molar-refractivity contribution in [1.29, 1.82) is 0 Å². The summed E-state index contributed by atoms with van der Waals surface area (Å²) in [4.78, 5) is 17.2. The van der Waals surface area contributed by atoms with Gasteiger partial charge in [-0.25, -0.2) is 0 Å². The number of ether oxygens (including phenoxy) is 1. The number of halogens is 2. The van der Waals surface area contributed by atoms with Gasteiger partial charge in [0.25, 0.3) is 0 Å². The topological polar surface area (TPSA) is 39.2 Å². The van der Waals surface area contributed by atoms with Crippen LogP contribution in [-0.2, 0) is 11.2 Å². The molecular formula is C21H17BrClNO2. The highest BCUT2D eigenvalue weighted by Gasteiger charge is 2.23. The Bertz CT molecular complexity index is 877. The molecule has 132 valence electrons. The van der Waals surface area contributed by atoms with E-state index in [1.807, 2.05) is 55.5 Å². The maximum atomic E-state index is 12.9. The second-order valence-corrected chi connectivity index (χ2v) is 7.33. The molecule has 0 bridgehead atoms. The largest absolute Gasteiger partial charge is 0.478 e. The number of hydrogen-bond donors (Lipinski definition) is 0. The number of hydrogen-bond acceptors (Lipinski definition) is 3. The van der Waals surface area contributed by atoms with E-state index in [0.29, 0.717) is 16.5 Å². The van der Waals surface area contributed by atoms with Crippen LogP contribution in [0.15, 0.2) is 71.3 Å². The van der Waals surface area contributed by atoms with Crippen LogP contribution in [-0.4, -0.2) is 10.8 Å². The predicted octanol–water partition coefficient (Wildman–Crippen LogP) is 5.74. The van der Waals surface area contributed by atoms with E-state index < -0.39 is 6.10 Å². The van der Waals surface area contributed by atoms with E-state index in [1.165, 1.54) is 0 Å². The molecule has 0 fully saturated rings. The third-order valence-electron chi connectivity index (χ3n) is 3.88. The highest BCUT2D eigenvalue weighted by Crippen LogP contribution is 2.26. The van der Waals surface area contributed by atoms with Crippen molar-refractivity contribution < 1.29 is 9.53 Å². The van der Waals surface area contributed by atoms with Crippen LogP contribution in [0, 0.1) is 6.92 Å². The van der Waals surface area contributed by atoms with Crippen molar-refractivity contribution >= 4 is 33.3 Å². The van der Waals surface area contributed by atoms with E-state index in [9.17, 15) is 4.79 Å². The Hall–Kier alpha value is -2.17. The second-order valence-electron chi connectivity index (χ2n) is 5.97. The van der Waals surface area contributed by atoms with E-state index in [0.717, 1.165) is 15.6 Å². The number of benzene rings is 2. The first-order valence-electron chi connectivity index (χ1n) is 8.13. The fraction of sp³-hybridized carbons (Fsp3) is 0.143. The van der Waals surface area contributed by atoms with Gasteiger partial charge in [0.05, 0.1) is 6.42 Å². The summed E-state index contributed by atoms with van der Waals surface area (Å²) in [6.45, 7) is 2.00. The fourth-order valence-corrected chi connectivity index (χ4v) is 2.85. The van der Waals surface area contributed by atoms with Gasteiger partial charge in [0.15, 0.2) is 11.9 Å². The fourth-order valence-electron chi connectivity index (χ4n) is 2.49. The second kappa shape index (κ2) is 8.47. The zero-order valence-corrected chi connectivity index (χ0v) is 16.5. The molecule has 1 heterocycles. The van der Waals surface area contributed by atoms with Crippen LogP contribution < -0.4 is 4.74 Å². The van der Waals surface area contributed by atoms with Gasteiger partial charge in [0.2, 0.25) is 0 Å². The monoisotopic (exact) mass is 429 g/mol. The number of Topliss-reactive ketones (excluding diaryl/α,β-unsaturated/α-hetero) is 1. The lowest BCUT2D eigenvalue weighted by Gasteiger charge is -2.19. The van der Waals surface area contributed by atoms with Gasteiger partial charge in [-0.15, -0.1) is 0 Å². The van der Waals surface area contributed by atoms with E-state index in [-0.39, 0.29) is 12.2 Å². The molecule has 5 heteroatoms. The van der Waals surface area contributed by atoms with E-state index in [4.69, 9.17) is 16.3 Å². The molecule has 1 atom stereocenters. The first kappa shape index (κ1) is 18.6. The Labute approximate surface area is 166 Å². The van der Waals surface area contributed by atoms with Gasteiger partial charge in [-0.05, 0) is 64.8 Å². The van der Waals surface area contributed by atoms with Crippen LogP contribution in [0.2, 0.25) is 5.02 Å². The summed E-state index contributed by atoms with van der Waals surface area (Å²) in [6, 6.07) is 18.5. The van der Waals surface area contributed by atoms with Crippen molar-refractivity contribution in [2.24, 2.45) is 0 Å². The number of aryl methyl sites for hydroxylation is 1. The van der Waals surface area contributed by atoms with Crippen LogP contribution in [0.3, 0.4) is 0 Å². The number of carbonyl (C=O) groups excluding carboxylic acids is 1. The van der Waals surface area contributed by atoms with Gasteiger partial charge in [-0.2, -0.15) is 0 Å². The lowest BCUT2D eigenvalue weighted by atomic mass is 10.0. The average molecular weight is 431 g/mol. The SMILES string of the molecule is Cc1ccc(OC(C(=O)Cc2ccc(Br)cn2)c2ccc(Cl)cc2)cc1. The molecule has 0 spiro atoms. The predicted molar refractivity (Wildman–Crippen MR) is 107 cm³/mol. The van der Waals surface area contributed by atoms with Crippen molar-refractivity contribution in [2.75, 3.05) is 0 Å². The van der Waals surface area contributed by atoms with Crippen molar-refractivity contribution in [2.45, 2.75) is 19.4 Å². The summed E-state index contributed by atoms with van der Waals surface area (Å²) in [5.74, 6) is 0.579. The Kier molecular flexibility index (Phi) is 6.07. The van der Waals surface area contributed by atoms with Gasteiger partial charge < -0.3 is 4.74 Å². The van der Waals surface area contributed by atoms with E-state index >= 15 is 0 Å². The Morgan fingerprint density at radius 1 is 1.08 bits per heavy atom. The normalized spacial score (nSPS) is 11.8. The molecule has 0 saturated carbocycles. The van der Waals surface area contributed by atoms with Crippen molar-refractivity contribution in [1.82, 2.24) is 4.98 Å². The van der Waals surface area contributed by atoms with Crippen LogP contribution in [0.5, 0.6) is 5.75 Å². The molecule has 0 aliphatic carbocycles. The molecule has 0 radical (unpaired) electrons. The molecule has 0 saturated heterocycles. The van der Waals surface area contributed by atoms with Gasteiger partial charge in [-0.3, -0.25) is 9.78 Å². The smallest absolute Gasteiger partial charge is 0.183 e. The Morgan fingerprint density at radius 2 is 1.77 bits per heavy atom. The molecule has 3 nitrogen and oxygen atoms in total. The number of rotatable bonds is 6. The molecule has 2 aromatic carbocycles. The van der Waals surface area contributed by atoms with Crippen molar-refractivity contribution in [3.63, 3.8) is 0 Å². The quantitative estimate of drug-likeness (QED) is 0.501. The molecule has 0 N–H and O–H groups in total. The van der Waals surface area contributed by atoms with Crippen LogP contribution in [0.1, 0.15) is 22.9 Å². The number of carbonyl (C=O) groups is 1. The molecule has 3 rings (SSSR count). The Morgan fingerprint density at radius 3 is 2.38 bits per heavy atom. The highest BCUT2D eigenvalue weighted by molar-refractivity contribution is 9.10. The van der Waals surface area contributed by atoms with Crippen LogP contribution in [0.25, 0.3) is 0 Å². The summed E-state index contributed by atoms with van der Waals surface area (Å²) in [5, 5.41) is 0.616. The molecule has 0 amide bonds. The van der Waals surface area contributed by atoms with E-state index in [1.54, 1.807) is 18.3 Å². The summed E-state index contributed by atoms with van der Waals surface area (Å²) >= 11 is 9.33. The maximum Gasteiger partial charge on any atom is 0.183 e. The maximum absolute atomic E-state index is 12.9. The number of pyridine rings is 1. The van der Waals surface area contributed by atoms with Crippen LogP contribution in [0.4, 0.5) is 0 Å². The van der Waals surface area contributed by atoms with E-state index in [2.05, 4.69) is 20.9 Å². The molecule has 26 heavy (non-hydrogen) atoms. The standard InChI is InChI=1S/C21H17BrClNO2/c1-14-2-10-19(11-3-14)26-21(15-4-7-17(23)8-5-15)20(25)12-18-9-6-16(22)13-24-18/h2-11,13,21H,12H2,1H3. The molecule has 0 aliphatic rings. The van der Waals surface area contributed by atoms with Gasteiger partial charge in [0, 0.05) is 21.4 Å². The minimum Gasteiger partial charge on any atom is -0.478 e. The van der Waals surface area contributed by atoms with Gasteiger partial charge >= 0.3 is 0 Å². The summed E-state index contributed by atoms with van der Waals surface area (Å²) in [6.07, 6.45) is 1.15. The summed E-state index contributed by atoms with van der Waals surface area (Å²) < 4.78 is 6.90. The number of nitrogens with zero attached hydrogens (tertiary/aromatic N) is 1. The van der Waals surface area contributed by atoms with Crippen molar-refractivity contribution in [3.05, 3.63) is 93.2 Å². The lowest BCUT2D eigenvalue weighted by molar-refractivity contribution is -0.125. The number of ketones is 1. The average Bonchev–Trinajstić information content (AvgIpc) is 2.64. The summed E-state index contributed by atoms with van der Waals surface area (Å²) in [7, 11) is 0. The minimum absolute atomic E-state index is 0.0669. The zero-order chi connectivity index (χ0) is 18.5. The highest BCUT2D eigenvalue weighted by atomic mass is 79.9. The molecule has 3 aromatic rings. The first-order valence-corrected chi connectivity index (χ1v) is 9.30. The Balaban J connectivity index is 1.85. The molecular weight excluding hydrogens is 414 g/mol. The molecule has 0 aliphatic heterocycles.